The van der Waals surface area contributed by atoms with Gasteiger partial charge in [-0.15, -0.1) is 12.4 Å². The van der Waals surface area contributed by atoms with E-state index in [-0.39, 0.29) is 30.2 Å². The zero-order chi connectivity index (χ0) is 14.8. The minimum Gasteiger partial charge on any atom is -0.365 e. The number of hydrogen-bond acceptors (Lipinski definition) is 6. The van der Waals surface area contributed by atoms with Gasteiger partial charge < -0.3 is 21.3 Å². The minimum atomic E-state index is 0. The lowest BCUT2D eigenvalue weighted by molar-refractivity contribution is -0.127. The highest BCUT2D eigenvalue weighted by molar-refractivity contribution is 5.85. The number of fused-ring (bicyclic) bond motifs is 2. The van der Waals surface area contributed by atoms with Crippen LogP contribution in [-0.4, -0.2) is 28.6 Å². The molecule has 0 aromatic carbocycles. The average molecular weight is 330 g/mol. The van der Waals surface area contributed by atoms with Gasteiger partial charge in [0.15, 0.2) is 0 Å². The number of anilines is 1. The van der Waals surface area contributed by atoms with Crippen LogP contribution in [0.5, 0.6) is 0 Å². The summed E-state index contributed by atoms with van der Waals surface area (Å²) in [6, 6.07) is 0.296. The minimum absolute atomic E-state index is 0. The molecule has 124 valence electrons. The zero-order valence-corrected chi connectivity index (χ0v) is 13.3. The smallest absolute Gasteiger partial charge is 0.260 e. The number of nitrogens with two attached hydrogens (primary N) is 2. The normalized spacial score (nSPS) is 30.4. The molecule has 2 atom stereocenters. The predicted octanol–water partition coefficient (Wildman–Crippen LogP) is 0.886. The fourth-order valence-corrected chi connectivity index (χ4v) is 3.81. The van der Waals surface area contributed by atoms with Crippen LogP contribution in [0.3, 0.4) is 0 Å². The molecule has 22 heavy (non-hydrogen) atoms. The Bertz CT molecular complexity index is 495. The van der Waals surface area contributed by atoms with Crippen LogP contribution in [0.2, 0.25) is 0 Å². The Kier molecular flexibility index (Phi) is 5.63. The first kappa shape index (κ1) is 17.0. The van der Waals surface area contributed by atoms with Crippen molar-refractivity contribution in [3.8, 4) is 0 Å². The van der Waals surface area contributed by atoms with Gasteiger partial charge in [0, 0.05) is 24.9 Å². The van der Waals surface area contributed by atoms with Gasteiger partial charge in [-0.3, -0.25) is 4.79 Å². The van der Waals surface area contributed by atoms with E-state index in [0.717, 1.165) is 12.8 Å². The summed E-state index contributed by atoms with van der Waals surface area (Å²) in [7, 11) is 0. The Balaban J connectivity index is 0.00000176. The summed E-state index contributed by atoms with van der Waals surface area (Å²) in [6.07, 6.45) is 5.96. The summed E-state index contributed by atoms with van der Waals surface area (Å²) in [5.74, 6) is 1.85. The SMILES string of the molecule is Cl.Nc1noc(CCNC(=O)C2CC3CCCC(C2)C3N)n1. The van der Waals surface area contributed by atoms with Crippen LogP contribution >= 0.6 is 12.4 Å². The molecule has 2 aliphatic rings. The van der Waals surface area contributed by atoms with E-state index in [1.807, 2.05) is 0 Å². The molecule has 0 aliphatic heterocycles. The number of amides is 1. The lowest BCUT2D eigenvalue weighted by atomic mass is 9.65. The van der Waals surface area contributed by atoms with E-state index >= 15 is 0 Å². The number of nitrogens with zero attached hydrogens (tertiary/aromatic N) is 2. The standard InChI is InChI=1S/C14H23N5O2.ClH/c15-12-8-2-1-3-9(12)7-10(6-8)13(20)17-5-4-11-18-14(16)19-21-11;/h8-10,12H,1-7,15H2,(H2,16,19)(H,17,20);1H. The molecule has 3 rings (SSSR count). The van der Waals surface area contributed by atoms with Crippen LogP contribution in [-0.2, 0) is 11.2 Å². The summed E-state index contributed by atoms with van der Waals surface area (Å²) >= 11 is 0. The van der Waals surface area contributed by atoms with E-state index in [1.54, 1.807) is 0 Å². The molecule has 2 fully saturated rings. The van der Waals surface area contributed by atoms with Gasteiger partial charge >= 0.3 is 0 Å². The van der Waals surface area contributed by atoms with Crippen molar-refractivity contribution in [2.75, 3.05) is 12.3 Å². The second kappa shape index (κ2) is 7.28. The summed E-state index contributed by atoms with van der Waals surface area (Å²) in [5.41, 5.74) is 11.6. The number of hydrogen-bond donors (Lipinski definition) is 3. The van der Waals surface area contributed by atoms with Crippen molar-refractivity contribution >= 4 is 24.3 Å². The highest BCUT2D eigenvalue weighted by Gasteiger charge is 2.40. The van der Waals surface area contributed by atoms with E-state index in [4.69, 9.17) is 16.0 Å². The van der Waals surface area contributed by atoms with Crippen LogP contribution in [0.1, 0.15) is 38.0 Å². The van der Waals surface area contributed by atoms with Crippen molar-refractivity contribution in [2.24, 2.45) is 23.5 Å². The van der Waals surface area contributed by atoms with E-state index in [0.29, 0.717) is 36.7 Å². The van der Waals surface area contributed by atoms with E-state index in [2.05, 4.69) is 15.5 Å². The van der Waals surface area contributed by atoms with E-state index in [1.165, 1.54) is 19.3 Å². The van der Waals surface area contributed by atoms with Crippen LogP contribution < -0.4 is 16.8 Å². The van der Waals surface area contributed by atoms with Crippen LogP contribution in [0.4, 0.5) is 5.95 Å². The van der Waals surface area contributed by atoms with Crippen LogP contribution in [0.15, 0.2) is 4.52 Å². The molecule has 2 saturated carbocycles. The third-order valence-corrected chi connectivity index (χ3v) is 4.91. The Morgan fingerprint density at radius 3 is 2.59 bits per heavy atom. The van der Waals surface area contributed by atoms with Gasteiger partial charge in [-0.25, -0.2) is 0 Å². The van der Waals surface area contributed by atoms with Crippen molar-refractivity contribution in [2.45, 2.75) is 44.6 Å². The molecule has 1 aromatic rings. The monoisotopic (exact) mass is 329 g/mol. The third kappa shape index (κ3) is 3.70. The highest BCUT2D eigenvalue weighted by atomic mass is 35.5. The molecule has 2 aliphatic carbocycles. The Labute approximate surface area is 136 Å². The quantitative estimate of drug-likeness (QED) is 0.754. The Morgan fingerprint density at radius 1 is 1.32 bits per heavy atom. The molecule has 0 saturated heterocycles. The lowest BCUT2D eigenvalue weighted by Gasteiger charge is -2.43. The van der Waals surface area contributed by atoms with Gasteiger partial charge in [0.1, 0.15) is 0 Å². The van der Waals surface area contributed by atoms with Crippen molar-refractivity contribution in [3.63, 3.8) is 0 Å². The molecule has 8 heteroatoms. The molecule has 5 N–H and O–H groups in total. The maximum atomic E-state index is 12.3. The number of halogens is 1. The second-order valence-corrected chi connectivity index (χ2v) is 6.28. The first-order valence-corrected chi connectivity index (χ1v) is 7.75. The van der Waals surface area contributed by atoms with Crippen molar-refractivity contribution in [1.82, 2.24) is 15.5 Å². The molecule has 7 nitrogen and oxygen atoms in total. The molecule has 1 amide bonds. The lowest BCUT2D eigenvalue weighted by Crippen LogP contribution is -2.49. The number of nitrogen functional groups attached to an aromatic ring is 1. The van der Waals surface area contributed by atoms with Crippen molar-refractivity contribution in [3.05, 3.63) is 5.89 Å². The van der Waals surface area contributed by atoms with Crippen molar-refractivity contribution in [1.29, 1.82) is 0 Å². The fraction of sp³-hybridized carbons (Fsp3) is 0.786. The first-order chi connectivity index (χ1) is 10.1. The van der Waals surface area contributed by atoms with Crippen LogP contribution in [0, 0.1) is 17.8 Å². The van der Waals surface area contributed by atoms with E-state index in [9.17, 15) is 4.79 Å². The molecule has 2 bridgehead atoms. The zero-order valence-electron chi connectivity index (χ0n) is 12.5. The average Bonchev–Trinajstić information content (AvgIpc) is 2.84. The second-order valence-electron chi connectivity index (χ2n) is 6.28. The molecular formula is C14H24ClN5O2. The summed E-state index contributed by atoms with van der Waals surface area (Å²) in [4.78, 5) is 16.2. The maximum Gasteiger partial charge on any atom is 0.260 e. The topological polar surface area (TPSA) is 120 Å². The highest BCUT2D eigenvalue weighted by Crippen LogP contribution is 2.41. The predicted molar refractivity (Wildman–Crippen MR) is 84.2 cm³/mol. The van der Waals surface area contributed by atoms with Crippen molar-refractivity contribution < 1.29 is 9.32 Å². The van der Waals surface area contributed by atoms with Crippen LogP contribution in [0.25, 0.3) is 0 Å². The number of rotatable bonds is 4. The number of nitrogens with one attached hydrogen (secondary N) is 1. The van der Waals surface area contributed by atoms with Gasteiger partial charge in [0.2, 0.25) is 11.8 Å². The van der Waals surface area contributed by atoms with E-state index < -0.39 is 0 Å². The van der Waals surface area contributed by atoms with Gasteiger partial charge in [0.05, 0.1) is 0 Å². The molecule has 0 spiro atoms. The summed E-state index contributed by atoms with van der Waals surface area (Å²) in [6.45, 7) is 0.498. The summed E-state index contributed by atoms with van der Waals surface area (Å²) in [5, 5.41) is 6.48. The molecule has 2 unspecified atom stereocenters. The van der Waals surface area contributed by atoms with Gasteiger partial charge in [0.25, 0.3) is 5.95 Å². The molecule has 1 heterocycles. The molecule has 1 aromatic heterocycles. The number of carbonyl (C=O) groups is 1. The molecular weight excluding hydrogens is 306 g/mol. The Morgan fingerprint density at radius 2 is 2.00 bits per heavy atom. The van der Waals surface area contributed by atoms with Gasteiger partial charge in [-0.2, -0.15) is 4.98 Å². The Hall–Kier alpha value is -1.34. The number of carbonyl (C=O) groups excluding carboxylic acids is 1. The summed E-state index contributed by atoms with van der Waals surface area (Å²) < 4.78 is 4.91. The third-order valence-electron chi connectivity index (χ3n) is 4.91. The maximum absolute atomic E-state index is 12.3. The first-order valence-electron chi connectivity index (χ1n) is 7.75. The van der Waals surface area contributed by atoms with Gasteiger partial charge in [-0.05, 0) is 42.7 Å². The fourth-order valence-electron chi connectivity index (χ4n) is 3.81. The van der Waals surface area contributed by atoms with Gasteiger partial charge in [-0.1, -0.05) is 6.42 Å². The molecule has 0 radical (unpaired) electrons. The number of aromatic nitrogens is 2. The largest absolute Gasteiger partial charge is 0.365 e.